The highest BCUT2D eigenvalue weighted by Crippen LogP contribution is 2.31. The summed E-state index contributed by atoms with van der Waals surface area (Å²) in [5.74, 6) is -0.598. The van der Waals surface area contributed by atoms with Crippen molar-refractivity contribution in [2.45, 2.75) is 26.2 Å². The van der Waals surface area contributed by atoms with Crippen molar-refractivity contribution in [3.05, 3.63) is 23.8 Å². The van der Waals surface area contributed by atoms with Gasteiger partial charge < -0.3 is 0 Å². The number of rotatable bonds is 1. The lowest BCUT2D eigenvalue weighted by Crippen LogP contribution is -2.16. The Morgan fingerprint density at radius 3 is 2.73 bits per heavy atom. The molecule has 0 unspecified atom stereocenters. The molecule has 0 heterocycles. The molecule has 0 nitrogen and oxygen atoms in total. The summed E-state index contributed by atoms with van der Waals surface area (Å²) in [5.41, 5.74) is 1.84. The van der Waals surface area contributed by atoms with Crippen molar-refractivity contribution in [2.75, 3.05) is 0 Å². The molecule has 62 valence electrons. The Kier molecular flexibility index (Phi) is 2.42. The third-order valence-corrected chi connectivity index (χ3v) is 2.05. The summed E-state index contributed by atoms with van der Waals surface area (Å²) in [4.78, 5) is 0. The first-order valence-electron chi connectivity index (χ1n) is 3.72. The fourth-order valence-corrected chi connectivity index (χ4v) is 1.34. The lowest BCUT2D eigenvalue weighted by atomic mass is 9.86. The molecular formula is C9H12F2. The first-order valence-corrected chi connectivity index (χ1v) is 3.72. The smallest absolute Gasteiger partial charge is 0.210 e. The summed E-state index contributed by atoms with van der Waals surface area (Å²) in [7, 11) is 0. The largest absolute Gasteiger partial charge is 0.245 e. The molecule has 0 aliphatic heterocycles. The lowest BCUT2D eigenvalue weighted by molar-refractivity contribution is 0.0936. The van der Waals surface area contributed by atoms with Crippen molar-refractivity contribution in [1.29, 1.82) is 0 Å². The van der Waals surface area contributed by atoms with Crippen LogP contribution in [0.3, 0.4) is 0 Å². The number of alkyl halides is 2. The predicted octanol–water partition coefficient (Wildman–Crippen LogP) is 3.16. The van der Waals surface area contributed by atoms with Crippen molar-refractivity contribution in [2.24, 2.45) is 5.92 Å². The van der Waals surface area contributed by atoms with Gasteiger partial charge in [-0.05, 0) is 19.8 Å². The van der Waals surface area contributed by atoms with E-state index in [4.69, 9.17) is 0 Å². The molecule has 1 atom stereocenters. The van der Waals surface area contributed by atoms with E-state index in [1.807, 2.05) is 13.0 Å². The SMILES string of the molecule is C=C1CC(C)=CC[C@H]1C(F)F. The second-order valence-corrected chi connectivity index (χ2v) is 3.06. The van der Waals surface area contributed by atoms with Crippen LogP contribution < -0.4 is 0 Å². The minimum Gasteiger partial charge on any atom is -0.210 e. The fourth-order valence-electron chi connectivity index (χ4n) is 1.34. The number of allylic oxidation sites excluding steroid dienone is 3. The number of halogens is 2. The summed E-state index contributed by atoms with van der Waals surface area (Å²) >= 11 is 0. The van der Waals surface area contributed by atoms with E-state index in [1.54, 1.807) is 0 Å². The average Bonchev–Trinajstić information content (AvgIpc) is 1.85. The van der Waals surface area contributed by atoms with Gasteiger partial charge in [0.2, 0.25) is 6.43 Å². The second-order valence-electron chi connectivity index (χ2n) is 3.06. The molecule has 1 aliphatic rings. The maximum Gasteiger partial charge on any atom is 0.245 e. The Hall–Kier alpha value is -0.660. The molecular weight excluding hydrogens is 146 g/mol. The Bertz CT molecular complexity index is 192. The maximum atomic E-state index is 12.2. The van der Waals surface area contributed by atoms with Gasteiger partial charge in [0.1, 0.15) is 0 Å². The van der Waals surface area contributed by atoms with Crippen LogP contribution in [0.1, 0.15) is 19.8 Å². The van der Waals surface area contributed by atoms with Gasteiger partial charge in [0, 0.05) is 5.92 Å². The van der Waals surface area contributed by atoms with Gasteiger partial charge in [0.25, 0.3) is 0 Å². The molecule has 0 fully saturated rings. The molecule has 0 aromatic rings. The Morgan fingerprint density at radius 1 is 1.64 bits per heavy atom. The Balaban J connectivity index is 2.66. The van der Waals surface area contributed by atoms with Gasteiger partial charge in [-0.15, -0.1) is 0 Å². The van der Waals surface area contributed by atoms with E-state index in [-0.39, 0.29) is 0 Å². The highest BCUT2D eigenvalue weighted by molar-refractivity contribution is 5.20. The van der Waals surface area contributed by atoms with Crippen LogP contribution in [-0.4, -0.2) is 6.43 Å². The predicted molar refractivity (Wildman–Crippen MR) is 41.6 cm³/mol. The molecule has 11 heavy (non-hydrogen) atoms. The molecule has 1 aliphatic carbocycles. The van der Waals surface area contributed by atoms with Crippen molar-refractivity contribution < 1.29 is 8.78 Å². The lowest BCUT2D eigenvalue weighted by Gasteiger charge is -2.22. The zero-order valence-electron chi connectivity index (χ0n) is 6.61. The second kappa shape index (κ2) is 3.16. The molecule has 0 saturated carbocycles. The number of hydrogen-bond donors (Lipinski definition) is 0. The van der Waals surface area contributed by atoms with E-state index in [1.165, 1.54) is 0 Å². The molecule has 0 saturated heterocycles. The normalized spacial score (nSPS) is 25.6. The first kappa shape index (κ1) is 8.44. The monoisotopic (exact) mass is 158 g/mol. The molecule has 0 aromatic heterocycles. The van der Waals surface area contributed by atoms with Crippen molar-refractivity contribution in [1.82, 2.24) is 0 Å². The van der Waals surface area contributed by atoms with Crippen LogP contribution in [-0.2, 0) is 0 Å². The van der Waals surface area contributed by atoms with E-state index < -0.39 is 12.3 Å². The molecule has 0 bridgehead atoms. The van der Waals surface area contributed by atoms with Crippen LogP contribution in [0, 0.1) is 5.92 Å². The van der Waals surface area contributed by atoms with Crippen LogP contribution in [0.25, 0.3) is 0 Å². The number of hydrogen-bond acceptors (Lipinski definition) is 0. The molecule has 0 N–H and O–H groups in total. The maximum absolute atomic E-state index is 12.2. The van der Waals surface area contributed by atoms with Crippen LogP contribution >= 0.6 is 0 Å². The molecule has 0 radical (unpaired) electrons. The van der Waals surface area contributed by atoms with Gasteiger partial charge in [0.15, 0.2) is 0 Å². The molecule has 0 aromatic carbocycles. The minimum absolute atomic E-state index is 0.461. The van der Waals surface area contributed by atoms with Crippen LogP contribution in [0.4, 0.5) is 8.78 Å². The Labute approximate surface area is 65.6 Å². The van der Waals surface area contributed by atoms with Crippen molar-refractivity contribution in [3.63, 3.8) is 0 Å². The first-order chi connectivity index (χ1) is 5.11. The van der Waals surface area contributed by atoms with Crippen molar-refractivity contribution in [3.8, 4) is 0 Å². The summed E-state index contributed by atoms with van der Waals surface area (Å²) in [5, 5.41) is 0. The van der Waals surface area contributed by atoms with Gasteiger partial charge in [0.05, 0.1) is 0 Å². The third-order valence-electron chi connectivity index (χ3n) is 2.05. The molecule has 1 rings (SSSR count). The topological polar surface area (TPSA) is 0 Å². The van der Waals surface area contributed by atoms with E-state index in [2.05, 4.69) is 6.58 Å². The summed E-state index contributed by atoms with van der Waals surface area (Å²) < 4.78 is 24.4. The fraction of sp³-hybridized carbons (Fsp3) is 0.556. The highest BCUT2D eigenvalue weighted by Gasteiger charge is 2.24. The van der Waals surface area contributed by atoms with Crippen molar-refractivity contribution >= 4 is 0 Å². The zero-order chi connectivity index (χ0) is 8.43. The zero-order valence-corrected chi connectivity index (χ0v) is 6.61. The van der Waals surface area contributed by atoms with Gasteiger partial charge in [-0.1, -0.05) is 23.8 Å². The molecule has 0 spiro atoms. The van der Waals surface area contributed by atoms with Crippen LogP contribution in [0.5, 0.6) is 0 Å². The quantitative estimate of drug-likeness (QED) is 0.514. The van der Waals surface area contributed by atoms with E-state index >= 15 is 0 Å². The average molecular weight is 158 g/mol. The summed E-state index contributed by atoms with van der Waals surface area (Å²) in [6.07, 6.45) is 0.745. The van der Waals surface area contributed by atoms with Gasteiger partial charge in [-0.2, -0.15) is 0 Å². The molecule has 0 amide bonds. The van der Waals surface area contributed by atoms with Gasteiger partial charge in [-0.3, -0.25) is 0 Å². The van der Waals surface area contributed by atoms with E-state index in [0.717, 1.165) is 5.57 Å². The van der Waals surface area contributed by atoms with E-state index in [0.29, 0.717) is 18.4 Å². The minimum atomic E-state index is -2.24. The van der Waals surface area contributed by atoms with Crippen LogP contribution in [0.2, 0.25) is 0 Å². The molecule has 2 heteroatoms. The van der Waals surface area contributed by atoms with Crippen LogP contribution in [0.15, 0.2) is 23.8 Å². The van der Waals surface area contributed by atoms with Gasteiger partial charge in [-0.25, -0.2) is 8.78 Å². The standard InChI is InChI=1S/C9H12F2/c1-6-3-4-8(9(10)11)7(2)5-6/h3,8-9H,2,4-5H2,1H3/t8-/m1/s1. The summed E-state index contributed by atoms with van der Waals surface area (Å²) in [6, 6.07) is 0. The van der Waals surface area contributed by atoms with E-state index in [9.17, 15) is 8.78 Å². The van der Waals surface area contributed by atoms with Gasteiger partial charge >= 0.3 is 0 Å². The summed E-state index contributed by atoms with van der Waals surface area (Å²) in [6.45, 7) is 5.60. The Morgan fingerprint density at radius 2 is 2.27 bits per heavy atom. The highest BCUT2D eigenvalue weighted by atomic mass is 19.3. The third kappa shape index (κ3) is 1.88.